The van der Waals surface area contributed by atoms with Gasteiger partial charge >= 0.3 is 0 Å². The van der Waals surface area contributed by atoms with Crippen LogP contribution in [0, 0.1) is 13.8 Å². The van der Waals surface area contributed by atoms with Crippen LogP contribution in [0.15, 0.2) is 30.3 Å². The lowest BCUT2D eigenvalue weighted by atomic mass is 10.1. The zero-order valence-electron chi connectivity index (χ0n) is 15.1. The molecule has 2 aromatic heterocycles. The second-order valence-corrected chi connectivity index (χ2v) is 6.66. The van der Waals surface area contributed by atoms with Crippen molar-refractivity contribution >= 4 is 5.91 Å². The highest BCUT2D eigenvalue weighted by Gasteiger charge is 2.29. The van der Waals surface area contributed by atoms with Crippen molar-refractivity contribution in [1.29, 1.82) is 0 Å². The molecule has 0 aliphatic carbocycles. The third-order valence-electron chi connectivity index (χ3n) is 4.66. The van der Waals surface area contributed by atoms with Gasteiger partial charge in [-0.15, -0.1) is 10.2 Å². The number of benzene rings is 1. The Balaban J connectivity index is 1.56. The van der Waals surface area contributed by atoms with E-state index >= 15 is 0 Å². The lowest BCUT2D eigenvalue weighted by molar-refractivity contribution is -0.134. The van der Waals surface area contributed by atoms with E-state index in [1.807, 2.05) is 49.1 Å². The van der Waals surface area contributed by atoms with E-state index in [2.05, 4.69) is 31.8 Å². The molecule has 0 fully saturated rings. The lowest BCUT2D eigenvalue weighted by Crippen LogP contribution is -2.42. The first-order valence-electron chi connectivity index (χ1n) is 8.68. The average molecular weight is 351 g/mol. The number of aromatic nitrogens is 6. The zero-order valence-corrected chi connectivity index (χ0v) is 15.1. The summed E-state index contributed by atoms with van der Waals surface area (Å²) >= 11 is 0. The van der Waals surface area contributed by atoms with Gasteiger partial charge in [-0.1, -0.05) is 30.3 Å². The Morgan fingerprint density at radius 1 is 1.19 bits per heavy atom. The van der Waals surface area contributed by atoms with Gasteiger partial charge in [-0.3, -0.25) is 4.79 Å². The molecule has 0 spiro atoms. The van der Waals surface area contributed by atoms with Crippen molar-refractivity contribution < 1.29 is 4.79 Å². The summed E-state index contributed by atoms with van der Waals surface area (Å²) in [7, 11) is 0. The highest BCUT2D eigenvalue weighted by molar-refractivity contribution is 5.76. The van der Waals surface area contributed by atoms with Crippen LogP contribution < -0.4 is 0 Å². The third-order valence-corrected chi connectivity index (χ3v) is 4.66. The predicted octanol–water partition coefficient (Wildman–Crippen LogP) is 1.76. The van der Waals surface area contributed by atoms with Crippen molar-refractivity contribution in [3.05, 3.63) is 47.8 Å². The molecule has 1 aliphatic heterocycles. The standard InChI is InChI=1S/C18H21N7O/c1-12-9-23(17(26)11-24-14(3)19-13(2)22-24)10-16-20-21-18(25(12)16)15-7-5-4-6-8-15/h4-8,12H,9-11H2,1-3H3/t12-/m0/s1. The molecular formula is C18H21N7O. The zero-order chi connectivity index (χ0) is 18.3. The Morgan fingerprint density at radius 2 is 1.96 bits per heavy atom. The third kappa shape index (κ3) is 2.87. The first-order valence-corrected chi connectivity index (χ1v) is 8.68. The van der Waals surface area contributed by atoms with Crippen LogP contribution in [0.2, 0.25) is 0 Å². The average Bonchev–Trinajstić information content (AvgIpc) is 3.19. The van der Waals surface area contributed by atoms with E-state index in [-0.39, 0.29) is 18.5 Å². The van der Waals surface area contributed by atoms with Crippen molar-refractivity contribution in [3.8, 4) is 11.4 Å². The number of hydrogen-bond acceptors (Lipinski definition) is 5. The Labute approximate surface area is 151 Å². The van der Waals surface area contributed by atoms with E-state index in [9.17, 15) is 4.79 Å². The van der Waals surface area contributed by atoms with Gasteiger partial charge in [0, 0.05) is 12.1 Å². The fourth-order valence-corrected chi connectivity index (χ4v) is 3.44. The van der Waals surface area contributed by atoms with Gasteiger partial charge in [0.05, 0.1) is 12.6 Å². The predicted molar refractivity (Wildman–Crippen MR) is 95.1 cm³/mol. The van der Waals surface area contributed by atoms with Crippen molar-refractivity contribution in [2.45, 2.75) is 39.9 Å². The first-order chi connectivity index (χ1) is 12.5. The minimum absolute atomic E-state index is 0.0142. The maximum Gasteiger partial charge on any atom is 0.244 e. The van der Waals surface area contributed by atoms with Crippen molar-refractivity contribution in [2.75, 3.05) is 6.54 Å². The van der Waals surface area contributed by atoms with Crippen molar-refractivity contribution in [1.82, 2.24) is 34.4 Å². The van der Waals surface area contributed by atoms with Gasteiger partial charge in [0.1, 0.15) is 18.2 Å². The Kier molecular flexibility index (Phi) is 4.02. The second-order valence-electron chi connectivity index (χ2n) is 6.66. The highest BCUT2D eigenvalue weighted by Crippen LogP contribution is 2.27. The van der Waals surface area contributed by atoms with Gasteiger partial charge in [0.15, 0.2) is 11.6 Å². The summed E-state index contributed by atoms with van der Waals surface area (Å²) in [6.45, 7) is 7.04. The Hall–Kier alpha value is -3.03. The van der Waals surface area contributed by atoms with E-state index in [1.165, 1.54) is 0 Å². The molecule has 0 saturated carbocycles. The molecule has 3 heterocycles. The number of hydrogen-bond donors (Lipinski definition) is 0. The maximum atomic E-state index is 12.7. The molecule has 8 heteroatoms. The van der Waals surface area contributed by atoms with Crippen LogP contribution in [0.25, 0.3) is 11.4 Å². The molecule has 0 saturated heterocycles. The molecule has 0 bridgehead atoms. The molecule has 26 heavy (non-hydrogen) atoms. The molecule has 1 aromatic carbocycles. The molecule has 1 atom stereocenters. The minimum Gasteiger partial charge on any atom is -0.331 e. The molecule has 0 unspecified atom stereocenters. The van der Waals surface area contributed by atoms with Crippen LogP contribution in [0.3, 0.4) is 0 Å². The largest absolute Gasteiger partial charge is 0.331 e. The van der Waals surface area contributed by atoms with Crippen molar-refractivity contribution in [3.63, 3.8) is 0 Å². The number of fused-ring (bicyclic) bond motifs is 1. The van der Waals surface area contributed by atoms with Crippen LogP contribution in [0.5, 0.6) is 0 Å². The summed E-state index contributed by atoms with van der Waals surface area (Å²) < 4.78 is 3.78. The molecule has 0 N–H and O–H groups in total. The Bertz CT molecular complexity index is 944. The SMILES string of the molecule is Cc1nc(C)n(CC(=O)N2Cc3nnc(-c4ccccc4)n3[C@@H](C)C2)n1. The summed E-state index contributed by atoms with van der Waals surface area (Å²) in [6, 6.07) is 10.1. The van der Waals surface area contributed by atoms with Gasteiger partial charge in [-0.05, 0) is 20.8 Å². The van der Waals surface area contributed by atoms with Gasteiger partial charge in [-0.2, -0.15) is 5.10 Å². The van der Waals surface area contributed by atoms with Crippen LogP contribution in [0.1, 0.15) is 30.4 Å². The Morgan fingerprint density at radius 3 is 2.65 bits per heavy atom. The van der Waals surface area contributed by atoms with Gasteiger partial charge in [-0.25, -0.2) is 9.67 Å². The fourth-order valence-electron chi connectivity index (χ4n) is 3.44. The summed E-state index contributed by atoms with van der Waals surface area (Å²) in [6.07, 6.45) is 0. The number of nitrogens with zero attached hydrogens (tertiary/aromatic N) is 7. The molecule has 1 amide bonds. The molecular weight excluding hydrogens is 330 g/mol. The summed E-state index contributed by atoms with van der Waals surface area (Å²) in [5.74, 6) is 3.09. The second kappa shape index (κ2) is 6.36. The van der Waals surface area contributed by atoms with E-state index in [0.29, 0.717) is 18.9 Å². The summed E-state index contributed by atoms with van der Waals surface area (Å²) in [4.78, 5) is 18.8. The van der Waals surface area contributed by atoms with Crippen LogP contribution in [-0.2, 0) is 17.9 Å². The van der Waals surface area contributed by atoms with Gasteiger partial charge in [0.2, 0.25) is 5.91 Å². The van der Waals surface area contributed by atoms with E-state index in [0.717, 1.165) is 23.0 Å². The summed E-state index contributed by atoms with van der Waals surface area (Å²) in [5, 5.41) is 13.0. The van der Waals surface area contributed by atoms with Crippen LogP contribution in [-0.4, -0.2) is 46.9 Å². The van der Waals surface area contributed by atoms with Crippen LogP contribution >= 0.6 is 0 Å². The van der Waals surface area contributed by atoms with Gasteiger partial charge in [0.25, 0.3) is 0 Å². The smallest absolute Gasteiger partial charge is 0.244 e. The maximum absolute atomic E-state index is 12.7. The molecule has 134 valence electrons. The number of amides is 1. The fraction of sp³-hybridized carbons (Fsp3) is 0.389. The van der Waals surface area contributed by atoms with E-state index in [1.54, 1.807) is 4.68 Å². The van der Waals surface area contributed by atoms with E-state index in [4.69, 9.17) is 0 Å². The number of carbonyl (C=O) groups is 1. The molecule has 0 radical (unpaired) electrons. The molecule has 1 aliphatic rings. The highest BCUT2D eigenvalue weighted by atomic mass is 16.2. The quantitative estimate of drug-likeness (QED) is 0.718. The molecule has 4 rings (SSSR count). The molecule has 3 aromatic rings. The number of aryl methyl sites for hydroxylation is 2. The minimum atomic E-state index is 0.0142. The van der Waals surface area contributed by atoms with E-state index < -0.39 is 0 Å². The topological polar surface area (TPSA) is 81.7 Å². The molecule has 8 nitrogen and oxygen atoms in total. The number of carbonyl (C=O) groups excluding carboxylic acids is 1. The van der Waals surface area contributed by atoms with Crippen LogP contribution in [0.4, 0.5) is 0 Å². The van der Waals surface area contributed by atoms with Gasteiger partial charge < -0.3 is 9.47 Å². The lowest BCUT2D eigenvalue weighted by Gasteiger charge is -2.32. The summed E-state index contributed by atoms with van der Waals surface area (Å²) in [5.41, 5.74) is 1.03. The van der Waals surface area contributed by atoms with Crippen molar-refractivity contribution in [2.24, 2.45) is 0 Å². The monoisotopic (exact) mass is 351 g/mol. The first kappa shape index (κ1) is 16.4. The number of rotatable bonds is 3. The normalized spacial score (nSPS) is 16.6.